The molecule has 160 valence electrons. The molecule has 1 aliphatic heterocycles. The van der Waals surface area contributed by atoms with Gasteiger partial charge in [0.05, 0.1) is 19.8 Å². The third kappa shape index (κ3) is 2.64. The van der Waals surface area contributed by atoms with Crippen LogP contribution in [-0.4, -0.2) is 19.3 Å². The maximum absolute atomic E-state index is 13.1. The van der Waals surface area contributed by atoms with Crippen molar-refractivity contribution in [3.63, 3.8) is 0 Å². The van der Waals surface area contributed by atoms with Crippen molar-refractivity contribution in [3.05, 3.63) is 83.4 Å². The number of fused-ring (bicyclic) bond motifs is 3. The van der Waals surface area contributed by atoms with Crippen LogP contribution >= 0.6 is 0 Å². The Labute approximate surface area is 179 Å². The summed E-state index contributed by atoms with van der Waals surface area (Å²) in [5.41, 5.74) is -0.112. The van der Waals surface area contributed by atoms with Crippen molar-refractivity contribution >= 4 is 0 Å². The first-order chi connectivity index (χ1) is 15.1. The van der Waals surface area contributed by atoms with Gasteiger partial charge < -0.3 is 19.3 Å². The molecule has 1 fully saturated rings. The number of methoxy groups -OCH3 is 2. The predicted octanol–water partition coefficient (Wildman–Crippen LogP) is 5.02. The van der Waals surface area contributed by atoms with Crippen LogP contribution in [0.3, 0.4) is 0 Å². The first-order valence-electron chi connectivity index (χ1n) is 10.2. The molecule has 6 heteroatoms. The Morgan fingerprint density at radius 3 is 2.35 bits per heavy atom. The Morgan fingerprint density at radius 1 is 0.968 bits per heavy atom. The van der Waals surface area contributed by atoms with Crippen LogP contribution in [0.15, 0.2) is 66.7 Å². The highest BCUT2D eigenvalue weighted by atomic mass is 19.3. The van der Waals surface area contributed by atoms with Crippen LogP contribution in [-0.2, 0) is 11.2 Å². The highest BCUT2D eigenvalue weighted by molar-refractivity contribution is 5.61. The van der Waals surface area contributed by atoms with E-state index >= 15 is 0 Å². The summed E-state index contributed by atoms with van der Waals surface area (Å²) in [6.45, 7) is 0. The summed E-state index contributed by atoms with van der Waals surface area (Å²) in [7, 11) is 3.09. The van der Waals surface area contributed by atoms with Crippen LogP contribution in [0.2, 0.25) is 0 Å². The molecule has 3 atom stereocenters. The van der Waals surface area contributed by atoms with Crippen LogP contribution in [0.1, 0.15) is 35.4 Å². The minimum absolute atomic E-state index is 0.0414. The maximum Gasteiger partial charge on any atom is 0.179 e. The van der Waals surface area contributed by atoms with Crippen molar-refractivity contribution in [2.24, 2.45) is 0 Å². The van der Waals surface area contributed by atoms with E-state index in [1.807, 2.05) is 54.6 Å². The number of hydrogen-bond acceptors (Lipinski definition) is 5. The minimum atomic E-state index is -1.38. The number of benzene rings is 3. The van der Waals surface area contributed by atoms with E-state index < -0.39 is 11.2 Å². The van der Waals surface area contributed by atoms with Gasteiger partial charge in [0.2, 0.25) is 0 Å². The molecule has 3 aromatic carbocycles. The first-order valence-corrected chi connectivity index (χ1v) is 10.2. The second-order valence-electron chi connectivity index (χ2n) is 8.00. The Bertz CT molecular complexity index is 1100. The van der Waals surface area contributed by atoms with Crippen LogP contribution in [0.5, 0.6) is 23.0 Å². The highest BCUT2D eigenvalue weighted by Crippen LogP contribution is 2.68. The maximum atomic E-state index is 13.1. The molecular weight excluding hydrogens is 399 g/mol. The van der Waals surface area contributed by atoms with Gasteiger partial charge in [-0.05, 0) is 36.1 Å². The van der Waals surface area contributed by atoms with Crippen molar-refractivity contribution in [1.29, 1.82) is 0 Å². The molecule has 5 nitrogen and oxygen atoms in total. The van der Waals surface area contributed by atoms with Gasteiger partial charge in [0.25, 0.3) is 0 Å². The van der Waals surface area contributed by atoms with Crippen molar-refractivity contribution in [2.75, 3.05) is 14.2 Å². The Balaban J connectivity index is 1.77. The van der Waals surface area contributed by atoms with Gasteiger partial charge in [-0.1, -0.05) is 42.5 Å². The zero-order valence-corrected chi connectivity index (χ0v) is 17.3. The normalized spacial score (nSPS) is 26.0. The fourth-order valence-electron chi connectivity index (χ4n) is 5.35. The van der Waals surface area contributed by atoms with Crippen molar-refractivity contribution in [1.82, 2.24) is 0 Å². The molecule has 1 heterocycles. The fourth-order valence-corrected chi connectivity index (χ4v) is 5.35. The van der Waals surface area contributed by atoms with Crippen molar-refractivity contribution in [3.8, 4) is 23.0 Å². The third-order valence-corrected chi connectivity index (χ3v) is 6.65. The number of hydrogen-bond donors (Lipinski definition) is 1. The number of aliphatic hydroxyl groups is 1. The molecule has 3 aromatic rings. The molecule has 3 unspecified atom stereocenters. The lowest BCUT2D eigenvalue weighted by Gasteiger charge is -2.40. The van der Waals surface area contributed by atoms with Crippen molar-refractivity contribution in [2.45, 2.75) is 30.0 Å². The third-order valence-electron chi connectivity index (χ3n) is 6.65. The van der Waals surface area contributed by atoms with Crippen molar-refractivity contribution < 1.29 is 28.8 Å². The van der Waals surface area contributed by atoms with E-state index in [9.17, 15) is 9.63 Å². The lowest BCUT2D eigenvalue weighted by atomic mass is 9.71. The van der Waals surface area contributed by atoms with E-state index in [-0.39, 0.29) is 11.7 Å². The van der Waals surface area contributed by atoms with E-state index in [2.05, 4.69) is 4.94 Å². The monoisotopic (exact) mass is 422 g/mol. The summed E-state index contributed by atoms with van der Waals surface area (Å²) in [5.74, 6) is 1.21. The van der Waals surface area contributed by atoms with Gasteiger partial charge in [-0.2, -0.15) is 0 Å². The fraction of sp³-hybridized carbons (Fsp3) is 0.280. The molecule has 0 bridgehead atoms. The van der Waals surface area contributed by atoms with Gasteiger partial charge >= 0.3 is 0 Å². The molecule has 2 aliphatic rings. The van der Waals surface area contributed by atoms with Gasteiger partial charge in [0.1, 0.15) is 22.8 Å². The van der Waals surface area contributed by atoms with Crippen LogP contribution in [0.25, 0.3) is 0 Å². The average Bonchev–Trinajstić information content (AvgIpc) is 3.26. The Morgan fingerprint density at radius 2 is 1.71 bits per heavy atom. The van der Waals surface area contributed by atoms with Crippen LogP contribution in [0.4, 0.5) is 4.53 Å². The summed E-state index contributed by atoms with van der Waals surface area (Å²) in [4.78, 5) is 3.96. The lowest BCUT2D eigenvalue weighted by Crippen LogP contribution is -2.48. The predicted molar refractivity (Wildman–Crippen MR) is 112 cm³/mol. The first kappa shape index (κ1) is 19.7. The van der Waals surface area contributed by atoms with E-state index in [4.69, 9.17) is 14.2 Å². The Hall–Kier alpha value is -3.25. The molecule has 31 heavy (non-hydrogen) atoms. The van der Waals surface area contributed by atoms with Crippen LogP contribution < -0.4 is 19.2 Å². The summed E-state index contributed by atoms with van der Waals surface area (Å²) in [6.07, 6.45) is 1.16. The smallest absolute Gasteiger partial charge is 0.179 e. The summed E-state index contributed by atoms with van der Waals surface area (Å²) >= 11 is 0. The molecule has 0 saturated heterocycles. The summed E-state index contributed by atoms with van der Waals surface area (Å²) < 4.78 is 30.5. The highest BCUT2D eigenvalue weighted by Gasteiger charge is 2.69. The zero-order chi connectivity index (χ0) is 21.6. The number of rotatable bonds is 5. The van der Waals surface area contributed by atoms with Gasteiger partial charge in [0, 0.05) is 22.6 Å². The molecule has 0 amide bonds. The quantitative estimate of drug-likeness (QED) is 0.626. The topological polar surface area (TPSA) is 57.2 Å². The molecule has 0 radical (unpaired) electrons. The molecule has 5 rings (SSSR count). The summed E-state index contributed by atoms with van der Waals surface area (Å²) in [5, 5.41) is 12.3. The van der Waals surface area contributed by atoms with Gasteiger partial charge in [-0.3, -0.25) is 4.94 Å². The zero-order valence-electron chi connectivity index (χ0n) is 17.3. The second kappa shape index (κ2) is 7.17. The van der Waals surface area contributed by atoms with Crippen LogP contribution in [0, 0.1) is 0 Å². The van der Waals surface area contributed by atoms with Gasteiger partial charge in [0.15, 0.2) is 11.4 Å². The van der Waals surface area contributed by atoms with E-state index in [1.54, 1.807) is 7.11 Å². The molecular formula is C25H23FO5. The average molecular weight is 422 g/mol. The summed E-state index contributed by atoms with van der Waals surface area (Å²) in [6, 6.07) is 20.4. The molecule has 0 aromatic heterocycles. The molecule has 1 N–H and O–H groups in total. The molecule has 0 spiro atoms. The largest absolute Gasteiger partial charge is 0.497 e. The lowest BCUT2D eigenvalue weighted by molar-refractivity contribution is -0.106. The minimum Gasteiger partial charge on any atom is -0.497 e. The van der Waals surface area contributed by atoms with E-state index in [1.165, 1.54) is 19.2 Å². The van der Waals surface area contributed by atoms with E-state index in [0.29, 0.717) is 35.7 Å². The Kier molecular flexibility index (Phi) is 4.55. The number of halogens is 1. The van der Waals surface area contributed by atoms with Gasteiger partial charge in [-0.25, -0.2) is 0 Å². The standard InChI is InChI=1S/C25H23FO5/c1-28-18-10-8-17(9-11-18)25-20(16-6-4-3-5-7-16)12-13-24(25,27)23-21(29-2)14-19(31-26)15-22(23)30-25/h3-11,14-15,20,27H,12-13H2,1-2H3. The molecule has 1 saturated carbocycles. The van der Waals surface area contributed by atoms with Gasteiger partial charge in [-0.15, -0.1) is 0 Å². The molecule has 1 aliphatic carbocycles. The number of ether oxygens (including phenoxy) is 3. The SMILES string of the molecule is COc1ccc(C23Oc4cc(OF)cc(OC)c4C2(O)CCC3c2ccccc2)cc1. The second-order valence-corrected chi connectivity index (χ2v) is 8.00. The van der Waals surface area contributed by atoms with E-state index in [0.717, 1.165) is 11.1 Å².